The molecule has 118 valence electrons. The van der Waals surface area contributed by atoms with Crippen molar-refractivity contribution in [3.63, 3.8) is 0 Å². The first-order valence-electron chi connectivity index (χ1n) is 5.73. The van der Waals surface area contributed by atoms with Crippen LogP contribution in [0.5, 0.6) is 23.0 Å². The molecule has 0 radical (unpaired) electrons. The third-order valence-electron chi connectivity index (χ3n) is 2.44. The van der Waals surface area contributed by atoms with Crippen molar-refractivity contribution in [1.29, 1.82) is 0 Å². The second-order valence-electron chi connectivity index (χ2n) is 4.02. The number of hydrogen-bond acceptors (Lipinski definition) is 6. The van der Waals surface area contributed by atoms with Crippen molar-refractivity contribution >= 4 is 11.9 Å². The van der Waals surface area contributed by atoms with E-state index in [1.165, 1.54) is 12.1 Å². The third-order valence-corrected chi connectivity index (χ3v) is 2.44. The summed E-state index contributed by atoms with van der Waals surface area (Å²) in [4.78, 5) is 20.5. The maximum Gasteiger partial charge on any atom is 1.00 e. The van der Waals surface area contributed by atoms with Crippen molar-refractivity contribution in [2.24, 2.45) is 0 Å². The summed E-state index contributed by atoms with van der Waals surface area (Å²) in [5.74, 6) is -3.78. The second kappa shape index (κ2) is 8.89. The van der Waals surface area contributed by atoms with Gasteiger partial charge < -0.3 is 32.1 Å². The zero-order valence-corrected chi connectivity index (χ0v) is 14.0. The Morgan fingerprint density at radius 1 is 0.652 bits per heavy atom. The van der Waals surface area contributed by atoms with Crippen LogP contribution in [-0.4, -0.2) is 42.6 Å². The predicted octanol–water partition coefficient (Wildman–Crippen LogP) is -1.29. The van der Waals surface area contributed by atoms with Crippen LogP contribution in [-0.2, 0) is 0 Å². The molecule has 9 heteroatoms. The summed E-state index contributed by atoms with van der Waals surface area (Å²) in [6.07, 6.45) is 0. The Labute approximate surface area is 153 Å². The van der Waals surface area contributed by atoms with Gasteiger partial charge in [0.25, 0.3) is 0 Å². The maximum atomic E-state index is 10.3. The summed E-state index contributed by atoms with van der Waals surface area (Å²) in [6.45, 7) is 0. The Bertz CT molecular complexity index is 658. The number of rotatable bonds is 2. The molecule has 23 heavy (non-hydrogen) atoms. The van der Waals surface area contributed by atoms with Crippen LogP contribution in [0, 0.1) is 0 Å². The Balaban J connectivity index is 0. The SMILES string of the molecule is O=C(O)c1ccc(O)c(O)c1.O=C(O)c1ccc(O)c(O)c1.[H-].[Na+]. The van der Waals surface area contributed by atoms with Gasteiger partial charge in [-0.25, -0.2) is 9.59 Å². The van der Waals surface area contributed by atoms with Crippen LogP contribution in [0.1, 0.15) is 22.1 Å². The molecule has 2 rings (SSSR count). The van der Waals surface area contributed by atoms with Crippen LogP contribution in [0.4, 0.5) is 0 Å². The molecule has 0 atom stereocenters. The Hall–Kier alpha value is -2.42. The van der Waals surface area contributed by atoms with Gasteiger partial charge in [-0.3, -0.25) is 0 Å². The molecule has 0 aliphatic rings. The Morgan fingerprint density at radius 2 is 0.957 bits per heavy atom. The minimum absolute atomic E-state index is 0. The molecule has 0 fully saturated rings. The quantitative estimate of drug-likeness (QED) is 0.293. The molecule has 0 unspecified atom stereocenters. The van der Waals surface area contributed by atoms with E-state index in [0.717, 1.165) is 24.3 Å². The first-order valence-corrected chi connectivity index (χ1v) is 5.73. The molecule has 0 amide bonds. The van der Waals surface area contributed by atoms with E-state index in [4.69, 9.17) is 30.6 Å². The van der Waals surface area contributed by atoms with Crippen molar-refractivity contribution in [3.8, 4) is 23.0 Å². The first kappa shape index (κ1) is 20.6. The smallest absolute Gasteiger partial charge is 1.00 e. The zero-order valence-electron chi connectivity index (χ0n) is 13.0. The van der Waals surface area contributed by atoms with Crippen LogP contribution < -0.4 is 29.6 Å². The van der Waals surface area contributed by atoms with E-state index in [1.54, 1.807) is 0 Å². The van der Waals surface area contributed by atoms with Gasteiger partial charge in [-0.2, -0.15) is 0 Å². The second-order valence-corrected chi connectivity index (χ2v) is 4.02. The van der Waals surface area contributed by atoms with Crippen molar-refractivity contribution in [3.05, 3.63) is 47.5 Å². The molecule has 2 aromatic carbocycles. The molecular formula is C14H13NaO8. The Kier molecular flexibility index (Phi) is 7.95. The number of phenolic OH excluding ortho intramolecular Hbond substituents is 4. The minimum atomic E-state index is -1.14. The predicted molar refractivity (Wildman–Crippen MR) is 74.6 cm³/mol. The summed E-state index contributed by atoms with van der Waals surface area (Å²) >= 11 is 0. The average Bonchev–Trinajstić information content (AvgIpc) is 2.45. The van der Waals surface area contributed by atoms with Crippen molar-refractivity contribution in [2.75, 3.05) is 0 Å². The molecule has 0 aliphatic heterocycles. The van der Waals surface area contributed by atoms with Crippen LogP contribution >= 0.6 is 0 Å². The van der Waals surface area contributed by atoms with Gasteiger partial charge in [0, 0.05) is 0 Å². The minimum Gasteiger partial charge on any atom is -1.00 e. The van der Waals surface area contributed by atoms with E-state index in [0.29, 0.717) is 0 Å². The van der Waals surface area contributed by atoms with Crippen LogP contribution in [0.2, 0.25) is 0 Å². The van der Waals surface area contributed by atoms with E-state index in [1.807, 2.05) is 0 Å². The fourth-order valence-corrected chi connectivity index (χ4v) is 1.31. The van der Waals surface area contributed by atoms with E-state index >= 15 is 0 Å². The molecular weight excluding hydrogens is 319 g/mol. The van der Waals surface area contributed by atoms with Crippen LogP contribution in [0.25, 0.3) is 0 Å². The monoisotopic (exact) mass is 332 g/mol. The van der Waals surface area contributed by atoms with Gasteiger partial charge in [-0.1, -0.05) is 0 Å². The van der Waals surface area contributed by atoms with Crippen LogP contribution in [0.15, 0.2) is 36.4 Å². The molecule has 2 aromatic rings. The Morgan fingerprint density at radius 3 is 1.17 bits per heavy atom. The number of carboxylic acids is 2. The molecule has 6 N–H and O–H groups in total. The number of aromatic hydroxyl groups is 4. The van der Waals surface area contributed by atoms with Crippen molar-refractivity contribution in [2.45, 2.75) is 0 Å². The standard InChI is InChI=1S/2C7H6O4.Na.H/c2*8-5-2-1-4(7(10)11)3-6(5)9;;/h2*1-3,8-9H,(H,10,11);;/q;;+1;-1. The third kappa shape index (κ3) is 6.07. The van der Waals surface area contributed by atoms with Gasteiger partial charge in [0.2, 0.25) is 0 Å². The van der Waals surface area contributed by atoms with Gasteiger partial charge in [-0.05, 0) is 36.4 Å². The molecule has 0 saturated heterocycles. The largest absolute Gasteiger partial charge is 1.00 e. The summed E-state index contributed by atoms with van der Waals surface area (Å²) in [5.41, 5.74) is -0.111. The molecule has 0 aliphatic carbocycles. The van der Waals surface area contributed by atoms with E-state index < -0.39 is 23.4 Å². The van der Waals surface area contributed by atoms with E-state index in [2.05, 4.69) is 0 Å². The van der Waals surface area contributed by atoms with Crippen molar-refractivity contribution < 1.29 is 71.2 Å². The molecule has 0 aromatic heterocycles. The number of phenols is 4. The summed E-state index contributed by atoms with van der Waals surface area (Å²) in [6, 6.07) is 6.63. The fourth-order valence-electron chi connectivity index (χ4n) is 1.31. The molecule has 0 saturated carbocycles. The molecule has 8 nitrogen and oxygen atoms in total. The maximum absolute atomic E-state index is 10.3. The molecule has 0 bridgehead atoms. The van der Waals surface area contributed by atoms with Crippen molar-refractivity contribution in [1.82, 2.24) is 0 Å². The summed E-state index contributed by atoms with van der Waals surface area (Å²) < 4.78 is 0. The number of carboxylic acid groups (broad SMARTS) is 2. The van der Waals surface area contributed by atoms with Gasteiger partial charge in [-0.15, -0.1) is 0 Å². The summed E-state index contributed by atoms with van der Waals surface area (Å²) in [5, 5.41) is 52.1. The summed E-state index contributed by atoms with van der Waals surface area (Å²) in [7, 11) is 0. The zero-order chi connectivity index (χ0) is 16.9. The number of aromatic carboxylic acids is 2. The first-order chi connectivity index (χ1) is 10.2. The molecule has 0 spiro atoms. The van der Waals surface area contributed by atoms with Gasteiger partial charge >= 0.3 is 41.5 Å². The normalized spacial score (nSPS) is 9.04. The number of hydrogen-bond donors (Lipinski definition) is 6. The van der Waals surface area contributed by atoms with Crippen LogP contribution in [0.3, 0.4) is 0 Å². The molecule has 0 heterocycles. The number of benzene rings is 2. The van der Waals surface area contributed by atoms with Gasteiger partial charge in [0.15, 0.2) is 23.0 Å². The van der Waals surface area contributed by atoms with Gasteiger partial charge in [0.05, 0.1) is 11.1 Å². The average molecular weight is 332 g/mol. The van der Waals surface area contributed by atoms with E-state index in [-0.39, 0.29) is 53.6 Å². The number of carbonyl (C=O) groups is 2. The fraction of sp³-hybridized carbons (Fsp3) is 0. The topological polar surface area (TPSA) is 156 Å². The van der Waals surface area contributed by atoms with Gasteiger partial charge in [0.1, 0.15) is 0 Å². The van der Waals surface area contributed by atoms with E-state index in [9.17, 15) is 9.59 Å².